The van der Waals surface area contributed by atoms with Gasteiger partial charge in [-0.2, -0.15) is 0 Å². The summed E-state index contributed by atoms with van der Waals surface area (Å²) in [7, 11) is 0. The van der Waals surface area contributed by atoms with Crippen molar-refractivity contribution in [3.05, 3.63) is 0 Å². The summed E-state index contributed by atoms with van der Waals surface area (Å²) in [5, 5.41) is 0. The molecule has 0 aromatic carbocycles. The van der Waals surface area contributed by atoms with Gasteiger partial charge in [0.2, 0.25) is 5.69 Å². The van der Waals surface area contributed by atoms with Gasteiger partial charge in [0.1, 0.15) is 0 Å². The molecule has 0 rings (SSSR count). The molecule has 0 fully saturated rings. The van der Waals surface area contributed by atoms with Crippen molar-refractivity contribution in [3.63, 3.8) is 0 Å². The van der Waals surface area contributed by atoms with Gasteiger partial charge in [0.05, 0.1) is 6.61 Å². The van der Waals surface area contributed by atoms with Crippen LogP contribution in [0.1, 0.15) is 58.3 Å². The largest absolute Gasteiger partial charge is 0.338 e. The molecule has 1 unspecified atom stereocenters. The van der Waals surface area contributed by atoms with Gasteiger partial charge in [0.25, 0.3) is 0 Å². The monoisotopic (exact) mass is 454 g/mol. The molecule has 0 saturated heterocycles. The summed E-state index contributed by atoms with van der Waals surface area (Å²) in [6, 6.07) is 0. The van der Waals surface area contributed by atoms with Crippen molar-refractivity contribution in [1.82, 2.24) is 0 Å². The molecular formula is C10H23O2PS2W. The van der Waals surface area contributed by atoms with E-state index in [1.54, 1.807) is 0 Å². The number of thiol groups is 1. The van der Waals surface area contributed by atoms with E-state index in [9.17, 15) is 0 Å². The van der Waals surface area contributed by atoms with Crippen LogP contribution in [0, 0.1) is 0 Å². The minimum Gasteiger partial charge on any atom is -0.338 e. The fourth-order valence-electron chi connectivity index (χ4n) is 1.42. The zero-order valence-electron chi connectivity index (χ0n) is 9.93. The molecule has 2 nitrogen and oxygen atoms in total. The van der Waals surface area contributed by atoms with Crippen molar-refractivity contribution in [2.75, 3.05) is 6.61 Å². The Kier molecular flexibility index (Phi) is 16.3. The Hall–Kier alpha value is 1.61. The second-order valence-electron chi connectivity index (χ2n) is 3.80. The van der Waals surface area contributed by atoms with Crippen LogP contribution in [0.2, 0.25) is 0 Å². The summed E-state index contributed by atoms with van der Waals surface area (Å²) in [5.41, 5.74) is -2.71. The number of unbranched alkanes of at least 4 members (excludes halogenated alkanes) is 7. The molecule has 0 aliphatic heterocycles. The Morgan fingerprint density at radius 1 is 1.06 bits per heavy atom. The molecule has 0 aliphatic rings. The summed E-state index contributed by atoms with van der Waals surface area (Å²) < 4.78 is 5.02. The predicted molar refractivity (Wildman–Crippen MR) is 74.1 cm³/mol. The van der Waals surface area contributed by atoms with Crippen molar-refractivity contribution in [2.24, 2.45) is 0 Å². The molecule has 0 aromatic rings. The summed E-state index contributed by atoms with van der Waals surface area (Å²) in [5.74, 6) is 0. The van der Waals surface area contributed by atoms with Gasteiger partial charge in [-0.15, -0.1) is 0 Å². The van der Waals surface area contributed by atoms with Gasteiger partial charge in [0.15, 0.2) is 0 Å². The van der Waals surface area contributed by atoms with Crippen LogP contribution in [0.25, 0.3) is 0 Å². The number of hydrogen-bond donors (Lipinski definition) is 2. The van der Waals surface area contributed by atoms with Crippen LogP contribution in [0.15, 0.2) is 0 Å². The van der Waals surface area contributed by atoms with Crippen LogP contribution in [0.3, 0.4) is 0 Å². The zero-order valence-corrected chi connectivity index (χ0v) is 15.5. The standard InChI is InChI=1S/C10H23O2PS2.W/c1-2-3-4-5-6-7-8-9-10-12-13(11,14)15;/h2-10H2,1H3,(H2,11,14,15);. The summed E-state index contributed by atoms with van der Waals surface area (Å²) in [6.45, 7) is 2.78. The van der Waals surface area contributed by atoms with E-state index >= 15 is 0 Å². The van der Waals surface area contributed by atoms with E-state index < -0.39 is 5.69 Å². The van der Waals surface area contributed by atoms with Crippen molar-refractivity contribution in [2.45, 2.75) is 58.3 Å². The number of rotatable bonds is 10. The van der Waals surface area contributed by atoms with Gasteiger partial charge in [-0.25, -0.2) is 0 Å². The van der Waals surface area contributed by atoms with Gasteiger partial charge in [-0.05, 0) is 18.2 Å². The summed E-state index contributed by atoms with van der Waals surface area (Å²) in [4.78, 5) is 9.09. The normalized spacial score (nSPS) is 14.2. The molecule has 0 radical (unpaired) electrons. The average molecular weight is 454 g/mol. The van der Waals surface area contributed by atoms with Gasteiger partial charge in [0, 0.05) is 21.1 Å². The first-order chi connectivity index (χ1) is 7.06. The molecule has 0 aliphatic carbocycles. The molecule has 6 heteroatoms. The molecular weight excluding hydrogens is 431 g/mol. The van der Waals surface area contributed by atoms with E-state index in [0.29, 0.717) is 6.61 Å². The topological polar surface area (TPSA) is 29.5 Å². The van der Waals surface area contributed by atoms with Gasteiger partial charge < -0.3 is 9.42 Å². The van der Waals surface area contributed by atoms with E-state index in [0.717, 1.165) is 12.8 Å². The predicted octanol–water partition coefficient (Wildman–Crippen LogP) is 4.29. The first kappa shape index (κ1) is 19.9. The quantitative estimate of drug-likeness (QED) is 0.293. The van der Waals surface area contributed by atoms with Crippen molar-refractivity contribution >= 4 is 29.7 Å². The molecule has 1 atom stereocenters. The summed E-state index contributed by atoms with van der Waals surface area (Å²) >= 11 is 8.44. The third-order valence-electron chi connectivity index (χ3n) is 2.26. The maximum absolute atomic E-state index is 9.09. The molecule has 0 bridgehead atoms. The van der Waals surface area contributed by atoms with Crippen LogP contribution >= 0.6 is 17.9 Å². The van der Waals surface area contributed by atoms with Crippen LogP contribution in [0.5, 0.6) is 0 Å². The maximum atomic E-state index is 9.09. The van der Waals surface area contributed by atoms with Crippen LogP contribution in [-0.2, 0) is 37.4 Å². The molecule has 0 saturated carbocycles. The minimum absolute atomic E-state index is 0. The van der Waals surface area contributed by atoms with Gasteiger partial charge in [-0.3, -0.25) is 0 Å². The van der Waals surface area contributed by atoms with Gasteiger partial charge in [-0.1, -0.05) is 64.1 Å². The fourth-order valence-corrected chi connectivity index (χ4v) is 2.25. The molecule has 1 N–H and O–H groups in total. The van der Waals surface area contributed by atoms with Crippen LogP contribution < -0.4 is 0 Å². The van der Waals surface area contributed by atoms with Crippen LogP contribution in [-0.4, -0.2) is 11.5 Å². The SMILES string of the molecule is CCCCCCCCCCOP(O)(=S)S.[W]. The zero-order chi connectivity index (χ0) is 11.6. The molecule has 0 heterocycles. The van der Waals surface area contributed by atoms with Crippen molar-refractivity contribution in [1.29, 1.82) is 0 Å². The first-order valence-electron chi connectivity index (χ1n) is 5.76. The Morgan fingerprint density at radius 3 is 1.94 bits per heavy atom. The maximum Gasteiger partial charge on any atom is 0.241 e. The molecule has 98 valence electrons. The second-order valence-corrected chi connectivity index (χ2v) is 8.96. The fraction of sp³-hybridized carbons (Fsp3) is 1.00. The Bertz CT molecular complexity index is 188. The summed E-state index contributed by atoms with van der Waals surface area (Å²) in [6.07, 6.45) is 10.1. The molecule has 0 amide bonds. The molecule has 16 heavy (non-hydrogen) atoms. The second kappa shape index (κ2) is 13.0. The van der Waals surface area contributed by atoms with E-state index in [1.807, 2.05) is 0 Å². The van der Waals surface area contributed by atoms with Crippen molar-refractivity contribution in [3.8, 4) is 0 Å². The van der Waals surface area contributed by atoms with Crippen molar-refractivity contribution < 1.29 is 30.5 Å². The van der Waals surface area contributed by atoms with E-state index in [4.69, 9.17) is 9.42 Å². The van der Waals surface area contributed by atoms with Crippen LogP contribution in [0.4, 0.5) is 0 Å². The van der Waals surface area contributed by atoms with E-state index in [2.05, 4.69) is 31.0 Å². The minimum atomic E-state index is -2.71. The smallest absolute Gasteiger partial charge is 0.241 e. The first-order valence-corrected chi connectivity index (χ1v) is 9.59. The van der Waals surface area contributed by atoms with Gasteiger partial charge >= 0.3 is 0 Å². The third kappa shape index (κ3) is 18.0. The average Bonchev–Trinajstić information content (AvgIpc) is 2.14. The van der Waals surface area contributed by atoms with E-state index in [1.165, 1.54) is 38.5 Å². The molecule has 0 spiro atoms. The van der Waals surface area contributed by atoms with E-state index in [-0.39, 0.29) is 21.1 Å². The Morgan fingerprint density at radius 2 is 1.50 bits per heavy atom. The third-order valence-corrected chi connectivity index (χ3v) is 3.44. The number of hydrogen-bond acceptors (Lipinski definition) is 2. The Balaban J connectivity index is 0. The molecule has 0 aromatic heterocycles. The Labute approximate surface area is 125 Å².